The third-order valence-corrected chi connectivity index (χ3v) is 4.25. The summed E-state index contributed by atoms with van der Waals surface area (Å²) in [6, 6.07) is 18.9. The highest BCUT2D eigenvalue weighted by atomic mass is 16.6. The third-order valence-electron chi connectivity index (χ3n) is 4.25. The van der Waals surface area contributed by atoms with Crippen LogP contribution in [0.5, 0.6) is 0 Å². The predicted molar refractivity (Wildman–Crippen MR) is 105 cm³/mol. The Morgan fingerprint density at radius 3 is 1.89 bits per heavy atom. The van der Waals surface area contributed by atoms with Gasteiger partial charge in [0.2, 0.25) is 0 Å². The topological polar surface area (TPSA) is 52.6 Å². The van der Waals surface area contributed by atoms with Gasteiger partial charge in [0.25, 0.3) is 0 Å². The van der Waals surface area contributed by atoms with Gasteiger partial charge in [0, 0.05) is 0 Å². The first-order chi connectivity index (χ1) is 12.6. The van der Waals surface area contributed by atoms with Crippen molar-refractivity contribution in [2.24, 2.45) is 5.41 Å². The lowest BCUT2D eigenvalue weighted by Gasteiger charge is -2.31. The van der Waals surface area contributed by atoms with Crippen molar-refractivity contribution in [3.05, 3.63) is 71.8 Å². The minimum absolute atomic E-state index is 0.211. The van der Waals surface area contributed by atoms with E-state index < -0.39 is 29.1 Å². The summed E-state index contributed by atoms with van der Waals surface area (Å²) in [5.41, 5.74) is -0.384. The Balaban J connectivity index is 2.27. The van der Waals surface area contributed by atoms with Crippen molar-refractivity contribution in [2.75, 3.05) is 0 Å². The van der Waals surface area contributed by atoms with E-state index in [0.29, 0.717) is 0 Å². The Morgan fingerprint density at radius 1 is 0.852 bits per heavy atom. The fourth-order valence-corrected chi connectivity index (χ4v) is 2.71. The van der Waals surface area contributed by atoms with E-state index in [9.17, 15) is 9.59 Å². The third kappa shape index (κ3) is 5.68. The monoisotopic (exact) mass is 368 g/mol. The van der Waals surface area contributed by atoms with Crippen molar-refractivity contribution >= 4 is 11.9 Å². The van der Waals surface area contributed by atoms with E-state index in [-0.39, 0.29) is 6.42 Å². The van der Waals surface area contributed by atoms with Gasteiger partial charge in [0.1, 0.15) is 11.7 Å². The summed E-state index contributed by atoms with van der Waals surface area (Å²) in [5.74, 6) is -1.17. The molecule has 0 aromatic heterocycles. The van der Waals surface area contributed by atoms with E-state index in [4.69, 9.17) is 9.47 Å². The van der Waals surface area contributed by atoms with Gasteiger partial charge in [-0.1, -0.05) is 60.7 Å². The van der Waals surface area contributed by atoms with Crippen LogP contribution in [0.3, 0.4) is 0 Å². The van der Waals surface area contributed by atoms with E-state index in [1.807, 2.05) is 60.7 Å². The zero-order valence-corrected chi connectivity index (χ0v) is 16.7. The van der Waals surface area contributed by atoms with Gasteiger partial charge in [0.05, 0.1) is 0 Å². The van der Waals surface area contributed by atoms with E-state index in [1.165, 1.54) is 0 Å². The van der Waals surface area contributed by atoms with Crippen molar-refractivity contribution in [1.82, 2.24) is 0 Å². The van der Waals surface area contributed by atoms with Crippen molar-refractivity contribution in [3.63, 3.8) is 0 Å². The average molecular weight is 368 g/mol. The highest BCUT2D eigenvalue weighted by molar-refractivity contribution is 6.00. The van der Waals surface area contributed by atoms with Crippen molar-refractivity contribution in [1.29, 1.82) is 0 Å². The first-order valence-electron chi connectivity index (χ1n) is 9.15. The normalized spacial score (nSPS) is 14.7. The van der Waals surface area contributed by atoms with Gasteiger partial charge in [-0.25, -0.2) is 0 Å². The molecule has 2 aromatic rings. The maximum atomic E-state index is 13.1. The summed E-state index contributed by atoms with van der Waals surface area (Å²) in [7, 11) is 0. The van der Waals surface area contributed by atoms with Gasteiger partial charge in [-0.2, -0.15) is 0 Å². The van der Waals surface area contributed by atoms with Crippen LogP contribution in [0, 0.1) is 5.41 Å². The smallest absolute Gasteiger partial charge is 0.324 e. The molecule has 0 saturated heterocycles. The molecule has 4 heteroatoms. The van der Waals surface area contributed by atoms with Crippen molar-refractivity contribution in [3.8, 4) is 0 Å². The van der Waals surface area contributed by atoms with E-state index >= 15 is 0 Å². The molecule has 2 aromatic carbocycles. The average Bonchev–Trinajstić information content (AvgIpc) is 2.61. The largest absolute Gasteiger partial charge is 0.459 e. The van der Waals surface area contributed by atoms with Crippen LogP contribution in [0.15, 0.2) is 60.7 Å². The van der Waals surface area contributed by atoms with Crippen LogP contribution >= 0.6 is 0 Å². The van der Waals surface area contributed by atoms with Gasteiger partial charge in [-0.3, -0.25) is 9.59 Å². The summed E-state index contributed by atoms with van der Waals surface area (Å²) >= 11 is 0. The Hall–Kier alpha value is -2.62. The van der Waals surface area contributed by atoms with Crippen LogP contribution in [0.2, 0.25) is 0 Å². The van der Waals surface area contributed by atoms with Crippen LogP contribution in [0.1, 0.15) is 51.8 Å². The van der Waals surface area contributed by atoms with Crippen LogP contribution < -0.4 is 0 Å². The molecule has 0 aliphatic rings. The first kappa shape index (κ1) is 20.7. The number of ether oxygens (including phenoxy) is 2. The van der Waals surface area contributed by atoms with Crippen molar-refractivity contribution in [2.45, 2.75) is 52.7 Å². The molecule has 0 aliphatic carbocycles. The molecule has 0 amide bonds. The molecule has 2 atom stereocenters. The number of rotatable bonds is 6. The zero-order chi connectivity index (χ0) is 20.1. The number of hydrogen-bond acceptors (Lipinski definition) is 4. The van der Waals surface area contributed by atoms with Gasteiger partial charge in [-0.15, -0.1) is 0 Å². The Kier molecular flexibility index (Phi) is 6.42. The molecule has 0 aliphatic heterocycles. The molecule has 0 spiro atoms. The van der Waals surface area contributed by atoms with Crippen LogP contribution in [-0.4, -0.2) is 17.5 Å². The number of benzene rings is 2. The minimum Gasteiger partial charge on any atom is -0.459 e. The maximum absolute atomic E-state index is 13.1. The quantitative estimate of drug-likeness (QED) is 0.538. The maximum Gasteiger partial charge on any atom is 0.324 e. The summed E-state index contributed by atoms with van der Waals surface area (Å²) in [4.78, 5) is 26.0. The SMILES string of the molecule is C[C@H](OC(=O)[C@](C)(Cc1ccccc1)C(=O)OC(C)(C)C)c1ccccc1. The fourth-order valence-electron chi connectivity index (χ4n) is 2.71. The summed E-state index contributed by atoms with van der Waals surface area (Å²) in [6.07, 6.45) is -0.250. The lowest BCUT2D eigenvalue weighted by Crippen LogP contribution is -2.44. The zero-order valence-electron chi connectivity index (χ0n) is 16.7. The first-order valence-corrected chi connectivity index (χ1v) is 9.15. The molecular formula is C23H28O4. The molecule has 0 heterocycles. The predicted octanol–water partition coefficient (Wildman–Crippen LogP) is 4.88. The molecule has 0 bridgehead atoms. The fraction of sp³-hybridized carbons (Fsp3) is 0.391. The summed E-state index contributed by atoms with van der Waals surface area (Å²) < 4.78 is 11.2. The van der Waals surface area contributed by atoms with E-state index in [2.05, 4.69) is 0 Å². The number of carbonyl (C=O) groups is 2. The van der Waals surface area contributed by atoms with Gasteiger partial charge >= 0.3 is 11.9 Å². The Morgan fingerprint density at radius 2 is 1.37 bits per heavy atom. The van der Waals surface area contributed by atoms with E-state index in [0.717, 1.165) is 11.1 Å². The molecule has 27 heavy (non-hydrogen) atoms. The van der Waals surface area contributed by atoms with Crippen molar-refractivity contribution < 1.29 is 19.1 Å². The second kappa shape index (κ2) is 8.38. The van der Waals surface area contributed by atoms with Gasteiger partial charge < -0.3 is 9.47 Å². The standard InChI is InChI=1S/C23H28O4/c1-17(19-14-10-7-11-15-19)26-20(24)23(5,21(25)27-22(2,3)4)16-18-12-8-6-9-13-18/h6-15,17H,16H2,1-5H3/t17-,23-/m0/s1. The highest BCUT2D eigenvalue weighted by Crippen LogP contribution is 2.31. The molecular weight excluding hydrogens is 340 g/mol. The second-order valence-corrected chi connectivity index (χ2v) is 7.95. The second-order valence-electron chi connectivity index (χ2n) is 7.95. The van der Waals surface area contributed by atoms with Gasteiger partial charge in [0.15, 0.2) is 5.41 Å². The Labute approximate surface area is 161 Å². The van der Waals surface area contributed by atoms with Crippen LogP contribution in [-0.2, 0) is 25.5 Å². The molecule has 4 nitrogen and oxygen atoms in total. The summed E-state index contributed by atoms with van der Waals surface area (Å²) in [6.45, 7) is 8.74. The highest BCUT2D eigenvalue weighted by Gasteiger charge is 2.46. The number of esters is 2. The van der Waals surface area contributed by atoms with Crippen LogP contribution in [0.25, 0.3) is 0 Å². The van der Waals surface area contributed by atoms with E-state index in [1.54, 1.807) is 34.6 Å². The Bertz CT molecular complexity index is 762. The van der Waals surface area contributed by atoms with Gasteiger partial charge in [-0.05, 0) is 52.2 Å². The molecule has 144 valence electrons. The lowest BCUT2D eigenvalue weighted by atomic mass is 9.83. The number of hydrogen-bond donors (Lipinski definition) is 0. The lowest BCUT2D eigenvalue weighted by molar-refractivity contribution is -0.180. The minimum atomic E-state index is -1.43. The molecule has 2 rings (SSSR count). The molecule has 0 saturated carbocycles. The molecule has 0 unspecified atom stereocenters. The number of carbonyl (C=O) groups excluding carboxylic acids is 2. The van der Waals surface area contributed by atoms with Crippen LogP contribution in [0.4, 0.5) is 0 Å². The molecule has 0 N–H and O–H groups in total. The summed E-state index contributed by atoms with van der Waals surface area (Å²) in [5, 5.41) is 0. The molecule has 0 radical (unpaired) electrons. The molecule has 0 fully saturated rings.